The number of benzene rings is 2. The van der Waals surface area contributed by atoms with Gasteiger partial charge in [-0.2, -0.15) is 0 Å². The van der Waals surface area contributed by atoms with Gasteiger partial charge in [-0.15, -0.1) is 0 Å². The Hall–Kier alpha value is -3.96. The van der Waals surface area contributed by atoms with E-state index < -0.39 is 34.7 Å². The zero-order valence-electron chi connectivity index (χ0n) is 19.9. The Morgan fingerprint density at radius 3 is 2.50 bits per heavy atom. The topological polar surface area (TPSA) is 102 Å². The number of aryl methyl sites for hydroxylation is 1. The fraction of sp³-hybridized carbons (Fsp3) is 0.185. The van der Waals surface area contributed by atoms with Crippen LogP contribution in [0.15, 0.2) is 81.2 Å². The number of imide groups is 1. The molecule has 1 fully saturated rings. The number of hydrogen-bond acceptors (Lipinski definition) is 7. The fourth-order valence-electron chi connectivity index (χ4n) is 4.92. The van der Waals surface area contributed by atoms with Crippen LogP contribution in [0.2, 0.25) is 0 Å². The van der Waals surface area contributed by atoms with Gasteiger partial charge in [0.2, 0.25) is 17.7 Å². The molecule has 11 heteroatoms. The number of thiazole rings is 1. The first-order valence-corrected chi connectivity index (χ1v) is 13.5. The lowest BCUT2D eigenvalue weighted by molar-refractivity contribution is -0.122. The van der Waals surface area contributed by atoms with Gasteiger partial charge in [0.15, 0.2) is 0 Å². The maximum Gasteiger partial charge on any atom is 0.308 e. The molecule has 2 aromatic carbocycles. The molecular formula is C27H20FN3O5S2. The number of carbonyl (C=O) groups excluding carboxylic acids is 3. The number of furan rings is 1. The maximum atomic E-state index is 13.7. The Bertz CT molecular complexity index is 1630. The minimum Gasteiger partial charge on any atom is -0.469 e. The highest BCUT2D eigenvalue weighted by Gasteiger charge is 2.57. The number of rotatable bonds is 5. The van der Waals surface area contributed by atoms with Crippen molar-refractivity contribution in [3.63, 3.8) is 0 Å². The van der Waals surface area contributed by atoms with E-state index >= 15 is 0 Å². The molecule has 0 bridgehead atoms. The van der Waals surface area contributed by atoms with Gasteiger partial charge in [-0.1, -0.05) is 41.3 Å². The summed E-state index contributed by atoms with van der Waals surface area (Å²) in [6, 6.07) is 15.9. The van der Waals surface area contributed by atoms with Crippen molar-refractivity contribution >= 4 is 52.2 Å². The summed E-state index contributed by atoms with van der Waals surface area (Å²) < 4.78 is 20.6. The Balaban J connectivity index is 1.39. The van der Waals surface area contributed by atoms with Crippen molar-refractivity contribution in [2.75, 3.05) is 10.2 Å². The predicted molar refractivity (Wildman–Crippen MR) is 141 cm³/mol. The van der Waals surface area contributed by atoms with Gasteiger partial charge in [0.1, 0.15) is 23.4 Å². The van der Waals surface area contributed by atoms with Crippen LogP contribution in [-0.4, -0.2) is 27.5 Å². The van der Waals surface area contributed by atoms with Crippen LogP contribution in [0.4, 0.5) is 15.8 Å². The highest BCUT2D eigenvalue weighted by molar-refractivity contribution is 8.00. The summed E-state index contributed by atoms with van der Waals surface area (Å²) in [5.41, 5.74) is 1.79. The van der Waals surface area contributed by atoms with Crippen LogP contribution >= 0.6 is 23.1 Å². The van der Waals surface area contributed by atoms with Crippen LogP contribution in [0.25, 0.3) is 0 Å². The number of carbonyl (C=O) groups is 3. The average Bonchev–Trinajstić information content (AvgIpc) is 3.59. The summed E-state index contributed by atoms with van der Waals surface area (Å²) in [5.74, 6) is -2.86. The van der Waals surface area contributed by atoms with Crippen LogP contribution in [0, 0.1) is 18.7 Å². The van der Waals surface area contributed by atoms with E-state index in [0.717, 1.165) is 33.6 Å². The van der Waals surface area contributed by atoms with E-state index in [4.69, 9.17) is 4.42 Å². The average molecular weight is 550 g/mol. The van der Waals surface area contributed by atoms with Crippen LogP contribution in [-0.2, 0) is 20.9 Å². The van der Waals surface area contributed by atoms with E-state index in [1.54, 1.807) is 24.3 Å². The molecule has 2 aliphatic heterocycles. The molecule has 0 radical (unpaired) electrons. The van der Waals surface area contributed by atoms with Crippen molar-refractivity contribution < 1.29 is 23.2 Å². The summed E-state index contributed by atoms with van der Waals surface area (Å²) in [4.78, 5) is 54.6. The number of aromatic nitrogens is 1. The molecule has 0 saturated carbocycles. The van der Waals surface area contributed by atoms with Gasteiger partial charge in [-0.3, -0.25) is 23.7 Å². The molecule has 38 heavy (non-hydrogen) atoms. The molecule has 2 aliphatic rings. The van der Waals surface area contributed by atoms with Crippen LogP contribution < -0.4 is 15.1 Å². The number of hydrogen-bond donors (Lipinski definition) is 1. The first-order valence-electron chi connectivity index (χ1n) is 11.8. The summed E-state index contributed by atoms with van der Waals surface area (Å²) in [5, 5.41) is 2.45. The second-order valence-corrected chi connectivity index (χ2v) is 11.2. The highest BCUT2D eigenvalue weighted by Crippen LogP contribution is 2.53. The molecule has 1 N–H and O–H groups in total. The van der Waals surface area contributed by atoms with Crippen molar-refractivity contribution in [3.8, 4) is 0 Å². The van der Waals surface area contributed by atoms with E-state index in [-0.39, 0.29) is 23.0 Å². The number of nitrogens with zero attached hydrogens (tertiary/aromatic N) is 2. The van der Waals surface area contributed by atoms with Crippen LogP contribution in [0.3, 0.4) is 0 Å². The summed E-state index contributed by atoms with van der Waals surface area (Å²) in [6.07, 6.45) is 1.47. The van der Waals surface area contributed by atoms with Gasteiger partial charge >= 0.3 is 4.87 Å². The van der Waals surface area contributed by atoms with Gasteiger partial charge in [0.25, 0.3) is 0 Å². The van der Waals surface area contributed by atoms with Crippen molar-refractivity contribution in [1.29, 1.82) is 0 Å². The second-order valence-electron chi connectivity index (χ2n) is 9.03. The van der Waals surface area contributed by atoms with Gasteiger partial charge < -0.3 is 9.73 Å². The molecule has 2 aromatic heterocycles. The lowest BCUT2D eigenvalue weighted by atomic mass is 9.87. The molecule has 4 aromatic rings. The van der Waals surface area contributed by atoms with Crippen LogP contribution in [0.5, 0.6) is 0 Å². The van der Waals surface area contributed by atoms with Gasteiger partial charge in [-0.05, 0) is 55.0 Å². The molecule has 3 atom stereocenters. The minimum absolute atomic E-state index is 0.252. The zero-order chi connectivity index (χ0) is 26.6. The van der Waals surface area contributed by atoms with Crippen molar-refractivity contribution in [3.05, 3.63) is 98.6 Å². The van der Waals surface area contributed by atoms with Gasteiger partial charge in [-0.25, -0.2) is 9.29 Å². The number of halogens is 1. The first-order chi connectivity index (χ1) is 18.3. The molecule has 192 valence electrons. The quantitative estimate of drug-likeness (QED) is 0.371. The Morgan fingerprint density at radius 2 is 1.79 bits per heavy atom. The Kier molecular flexibility index (Phi) is 6.04. The maximum absolute atomic E-state index is 13.7. The van der Waals surface area contributed by atoms with Crippen molar-refractivity contribution in [1.82, 2.24) is 4.57 Å². The summed E-state index contributed by atoms with van der Waals surface area (Å²) in [7, 11) is 0. The molecule has 0 aliphatic carbocycles. The molecular weight excluding hydrogens is 529 g/mol. The number of thioether (sulfide) groups is 1. The Morgan fingerprint density at radius 1 is 1.03 bits per heavy atom. The van der Waals surface area contributed by atoms with Crippen molar-refractivity contribution in [2.24, 2.45) is 5.92 Å². The Labute approximate surface area is 224 Å². The molecule has 1 saturated heterocycles. The second kappa shape index (κ2) is 9.41. The molecule has 0 spiro atoms. The van der Waals surface area contributed by atoms with Gasteiger partial charge in [0.05, 0.1) is 33.7 Å². The van der Waals surface area contributed by atoms with E-state index in [1.807, 2.05) is 19.1 Å². The predicted octanol–water partition coefficient (Wildman–Crippen LogP) is 4.38. The molecule has 8 nitrogen and oxygen atoms in total. The highest BCUT2D eigenvalue weighted by atomic mass is 32.2. The van der Waals surface area contributed by atoms with E-state index in [9.17, 15) is 23.6 Å². The molecule has 4 heterocycles. The molecule has 6 rings (SSSR count). The number of nitrogens with one attached hydrogen (secondary N) is 1. The number of fused-ring (bicyclic) bond motifs is 2. The zero-order valence-corrected chi connectivity index (χ0v) is 21.6. The SMILES string of the molecule is Cc1ccccc1NC(=O)Cn1c2c(sc1=O)[C@H](c1ccco1)C1C(=O)N(c3ccc(F)cc3)C(=O)C1S2. The molecule has 2 unspecified atom stereocenters. The van der Waals surface area contributed by atoms with E-state index in [1.165, 1.54) is 35.1 Å². The number of amides is 3. The third-order valence-electron chi connectivity index (χ3n) is 6.70. The van der Waals surface area contributed by atoms with Gasteiger partial charge in [0, 0.05) is 5.69 Å². The lowest BCUT2D eigenvalue weighted by Crippen LogP contribution is -2.32. The number of anilines is 2. The number of para-hydroxylation sites is 1. The van der Waals surface area contributed by atoms with Crippen LogP contribution in [0.1, 0.15) is 22.1 Å². The van der Waals surface area contributed by atoms with E-state index in [2.05, 4.69) is 5.32 Å². The normalized spacial score (nSPS) is 20.4. The fourth-order valence-corrected chi connectivity index (χ4v) is 7.67. The smallest absolute Gasteiger partial charge is 0.308 e. The standard InChI is InChI=1S/C27H20FN3O5S2/c1-14-5-2-3-6-17(14)29-19(32)13-30-26-23(38-27(30)35)20(18-7-4-12-36-18)21-22(37-26)25(34)31(24(21)33)16-10-8-15(28)9-11-16/h2-12,20-22H,13H2,1H3,(H,29,32)/t20-,21?,22?/m1/s1. The minimum atomic E-state index is -0.852. The summed E-state index contributed by atoms with van der Waals surface area (Å²) >= 11 is 2.05. The monoisotopic (exact) mass is 549 g/mol. The van der Waals surface area contributed by atoms with Crippen molar-refractivity contribution in [2.45, 2.75) is 29.7 Å². The first kappa shape index (κ1) is 24.4. The third kappa shape index (κ3) is 3.98. The largest absolute Gasteiger partial charge is 0.469 e. The summed E-state index contributed by atoms with van der Waals surface area (Å²) in [6.45, 7) is 1.62. The third-order valence-corrected chi connectivity index (χ3v) is 9.31. The lowest BCUT2D eigenvalue weighted by Gasteiger charge is -2.29. The molecule has 3 amide bonds. The van der Waals surface area contributed by atoms with E-state index in [0.29, 0.717) is 21.4 Å².